The molecule has 166 valence electrons. The first-order chi connectivity index (χ1) is 15.6. The number of aromatic nitrogens is 1. The first-order valence-corrected chi connectivity index (χ1v) is 13.1. The zero-order chi connectivity index (χ0) is 21.8. The highest BCUT2D eigenvalue weighted by molar-refractivity contribution is 8.00. The van der Waals surface area contributed by atoms with Crippen molar-refractivity contribution in [2.24, 2.45) is 17.8 Å². The number of benzene rings is 2. The molecule has 7 heteroatoms. The third-order valence-electron chi connectivity index (χ3n) is 7.30. The van der Waals surface area contributed by atoms with Crippen LogP contribution >= 0.6 is 34.7 Å². The molecule has 2 bridgehead atoms. The predicted octanol–water partition coefficient (Wildman–Crippen LogP) is 6.33. The van der Waals surface area contributed by atoms with E-state index in [0.29, 0.717) is 28.5 Å². The Morgan fingerprint density at radius 2 is 2.00 bits per heavy atom. The van der Waals surface area contributed by atoms with Crippen molar-refractivity contribution in [1.29, 1.82) is 0 Å². The first-order valence-electron chi connectivity index (χ1n) is 11.1. The van der Waals surface area contributed by atoms with Crippen molar-refractivity contribution in [3.8, 4) is 11.5 Å². The highest BCUT2D eigenvalue weighted by atomic mass is 35.5. The second-order valence-electron chi connectivity index (χ2n) is 9.01. The van der Waals surface area contributed by atoms with Gasteiger partial charge in [-0.1, -0.05) is 41.1 Å². The predicted molar refractivity (Wildman–Crippen MR) is 130 cm³/mol. The van der Waals surface area contributed by atoms with Crippen molar-refractivity contribution in [2.75, 3.05) is 7.11 Å². The smallest absolute Gasteiger partial charge is 0.305 e. The molecular weight excluding hydrogens is 462 g/mol. The second kappa shape index (κ2) is 8.15. The van der Waals surface area contributed by atoms with Gasteiger partial charge in [-0.25, -0.2) is 0 Å². The molecule has 0 spiro atoms. The highest BCUT2D eigenvalue weighted by Gasteiger charge is 2.54. The van der Waals surface area contributed by atoms with Crippen LogP contribution in [0.5, 0.6) is 11.5 Å². The van der Waals surface area contributed by atoms with Crippen molar-refractivity contribution in [1.82, 2.24) is 4.98 Å². The van der Waals surface area contributed by atoms with Crippen LogP contribution in [0.2, 0.25) is 5.02 Å². The lowest BCUT2D eigenvalue weighted by Crippen LogP contribution is -2.33. The Bertz CT molecular complexity index is 1220. The largest absolute Gasteiger partial charge is 0.493 e. The van der Waals surface area contributed by atoms with E-state index in [2.05, 4.69) is 17.1 Å². The molecule has 2 aliphatic carbocycles. The number of nitrogens with one attached hydrogen (secondary N) is 1. The van der Waals surface area contributed by atoms with Crippen LogP contribution in [0.15, 0.2) is 52.3 Å². The monoisotopic (exact) mass is 485 g/mol. The van der Waals surface area contributed by atoms with Crippen molar-refractivity contribution < 1.29 is 9.47 Å². The Morgan fingerprint density at radius 1 is 1.12 bits per heavy atom. The lowest BCUT2D eigenvalue weighted by molar-refractivity contribution is 0.282. The topological polar surface area (TPSA) is 51.3 Å². The molecule has 3 aromatic rings. The maximum Gasteiger partial charge on any atom is 0.305 e. The van der Waals surface area contributed by atoms with Gasteiger partial charge in [0, 0.05) is 21.1 Å². The number of hydrogen-bond acceptors (Lipinski definition) is 5. The van der Waals surface area contributed by atoms with Gasteiger partial charge in [0.2, 0.25) is 0 Å². The normalized spacial score (nSPS) is 27.8. The Hall–Kier alpha value is -1.89. The van der Waals surface area contributed by atoms with Crippen molar-refractivity contribution >= 4 is 34.7 Å². The standard InChI is InChI=1S/C25H24ClNO3S2/c1-29-19-11-15(7-8-18(19)30-12-13-3-2-4-17(26)9-13)21-20-14-5-6-16(10-14)22(20)31-24-23(21)32-25(28)27-24/h2-4,7-9,11,14,16,20-22H,5-6,10,12H2,1H3,(H,27,28)/t14?,16?,20?,21-,22?/m1/s1. The molecule has 2 aromatic carbocycles. The van der Waals surface area contributed by atoms with Gasteiger partial charge < -0.3 is 14.5 Å². The number of aromatic amines is 1. The number of thioether (sulfide) groups is 1. The van der Waals surface area contributed by atoms with E-state index in [4.69, 9.17) is 21.1 Å². The number of fused-ring (bicyclic) bond motifs is 6. The highest BCUT2D eigenvalue weighted by Crippen LogP contribution is 2.63. The summed E-state index contributed by atoms with van der Waals surface area (Å²) in [5.74, 6) is 3.79. The molecule has 4 unspecified atom stereocenters. The molecule has 3 aliphatic rings. The van der Waals surface area contributed by atoms with E-state index in [9.17, 15) is 4.79 Å². The van der Waals surface area contributed by atoms with Gasteiger partial charge in [-0.3, -0.25) is 4.79 Å². The van der Waals surface area contributed by atoms with Gasteiger partial charge in [-0.05, 0) is 72.4 Å². The van der Waals surface area contributed by atoms with Gasteiger partial charge in [-0.15, -0.1) is 11.8 Å². The number of rotatable bonds is 5. The fourth-order valence-corrected chi connectivity index (χ4v) is 9.11. The van der Waals surface area contributed by atoms with Gasteiger partial charge >= 0.3 is 4.87 Å². The van der Waals surface area contributed by atoms with Crippen LogP contribution in [0.3, 0.4) is 0 Å². The Kier molecular flexibility index (Phi) is 5.27. The molecule has 2 heterocycles. The Balaban J connectivity index is 1.34. The van der Waals surface area contributed by atoms with Gasteiger partial charge in [0.05, 0.1) is 12.1 Å². The summed E-state index contributed by atoms with van der Waals surface area (Å²) in [5, 5.41) is 2.38. The average Bonchev–Trinajstić information content (AvgIpc) is 3.50. The summed E-state index contributed by atoms with van der Waals surface area (Å²) in [6.45, 7) is 0.425. The number of H-pyrrole nitrogens is 1. The molecule has 0 radical (unpaired) electrons. The van der Waals surface area contributed by atoms with Gasteiger partial charge in [0.1, 0.15) is 6.61 Å². The van der Waals surface area contributed by atoms with Crippen molar-refractivity contribution in [3.63, 3.8) is 0 Å². The van der Waals surface area contributed by atoms with E-state index in [1.807, 2.05) is 42.1 Å². The van der Waals surface area contributed by atoms with E-state index in [-0.39, 0.29) is 10.8 Å². The molecular formula is C25H24ClNO3S2. The molecule has 1 aliphatic heterocycles. The first kappa shape index (κ1) is 20.7. The number of ether oxygens (including phenoxy) is 2. The van der Waals surface area contributed by atoms with Crippen LogP contribution in [0, 0.1) is 17.8 Å². The van der Waals surface area contributed by atoms with Gasteiger partial charge in [0.15, 0.2) is 11.5 Å². The van der Waals surface area contributed by atoms with Crippen LogP contribution in [0.4, 0.5) is 0 Å². The third-order valence-corrected chi connectivity index (χ3v) is 10.2. The average molecular weight is 486 g/mol. The molecule has 2 saturated carbocycles. The molecule has 4 nitrogen and oxygen atoms in total. The van der Waals surface area contributed by atoms with Crippen molar-refractivity contribution in [3.05, 3.63) is 73.2 Å². The number of hydrogen-bond donors (Lipinski definition) is 1. The Morgan fingerprint density at radius 3 is 2.84 bits per heavy atom. The molecule has 1 N–H and O–H groups in total. The maximum atomic E-state index is 12.2. The maximum absolute atomic E-state index is 12.2. The molecule has 1 aromatic heterocycles. The van der Waals surface area contributed by atoms with E-state index in [1.165, 1.54) is 41.0 Å². The summed E-state index contributed by atoms with van der Waals surface area (Å²) >= 11 is 9.40. The number of halogens is 1. The summed E-state index contributed by atoms with van der Waals surface area (Å²) in [6, 6.07) is 14.0. The summed E-state index contributed by atoms with van der Waals surface area (Å²) in [5.41, 5.74) is 2.23. The van der Waals surface area contributed by atoms with E-state index >= 15 is 0 Å². The van der Waals surface area contributed by atoms with Crippen LogP contribution in [-0.2, 0) is 6.61 Å². The quantitative estimate of drug-likeness (QED) is 0.458. The fourth-order valence-electron chi connectivity index (χ4n) is 6.01. The molecule has 6 rings (SSSR count). The fraction of sp³-hybridized carbons (Fsp3) is 0.400. The van der Waals surface area contributed by atoms with Crippen LogP contribution < -0.4 is 14.3 Å². The molecule has 2 fully saturated rings. The lowest BCUT2D eigenvalue weighted by atomic mass is 9.75. The SMILES string of the molecule is COc1cc([C@H]2c3sc(=O)[nH]c3SC3C4CCC(C4)C32)ccc1OCc1cccc(Cl)c1. The van der Waals surface area contributed by atoms with Crippen molar-refractivity contribution in [2.45, 2.75) is 42.1 Å². The third kappa shape index (κ3) is 3.47. The molecule has 5 atom stereocenters. The minimum Gasteiger partial charge on any atom is -0.493 e. The number of methoxy groups -OCH3 is 1. The van der Waals surface area contributed by atoms with E-state index < -0.39 is 0 Å². The lowest BCUT2D eigenvalue weighted by Gasteiger charge is -2.40. The minimum atomic E-state index is 0.0493. The van der Waals surface area contributed by atoms with Crippen LogP contribution in [0.25, 0.3) is 0 Å². The summed E-state index contributed by atoms with van der Waals surface area (Å²) in [6.07, 6.45) is 3.97. The molecule has 0 amide bonds. The van der Waals surface area contributed by atoms with Gasteiger partial charge in [0.25, 0.3) is 0 Å². The zero-order valence-corrected chi connectivity index (χ0v) is 20.1. The summed E-state index contributed by atoms with van der Waals surface area (Å²) < 4.78 is 11.8. The van der Waals surface area contributed by atoms with Crippen LogP contribution in [-0.4, -0.2) is 17.3 Å². The van der Waals surface area contributed by atoms with E-state index in [1.54, 1.807) is 7.11 Å². The molecule has 0 saturated heterocycles. The molecule has 32 heavy (non-hydrogen) atoms. The zero-order valence-electron chi connectivity index (χ0n) is 17.7. The van der Waals surface area contributed by atoms with Gasteiger partial charge in [-0.2, -0.15) is 0 Å². The Labute approximate surface area is 200 Å². The second-order valence-corrected chi connectivity index (χ2v) is 11.6. The van der Waals surface area contributed by atoms with E-state index in [0.717, 1.165) is 28.2 Å². The summed E-state index contributed by atoms with van der Waals surface area (Å²) in [7, 11) is 1.68. The summed E-state index contributed by atoms with van der Waals surface area (Å²) in [4.78, 5) is 16.6. The van der Waals surface area contributed by atoms with Crippen LogP contribution in [0.1, 0.15) is 41.2 Å². The number of thiazole rings is 1. The minimum absolute atomic E-state index is 0.0493.